The van der Waals surface area contributed by atoms with Crippen LogP contribution >= 0.6 is 0 Å². The molecular weight excluding hydrogens is 180 g/mol. The Morgan fingerprint density at radius 2 is 2.21 bits per heavy atom. The summed E-state index contributed by atoms with van der Waals surface area (Å²) in [5.74, 6) is 0. The number of amides is 1. The Bertz CT molecular complexity index is 365. The maximum Gasteiger partial charge on any atom is 0.408 e. The second kappa shape index (κ2) is 3.31. The van der Waals surface area contributed by atoms with Crippen molar-refractivity contribution in [3.8, 4) is 0 Å². The first-order valence-electron chi connectivity index (χ1n) is 4.53. The van der Waals surface area contributed by atoms with Crippen LogP contribution < -0.4 is 5.73 Å². The number of fused-ring (bicyclic) bond motifs is 1. The Kier molecular flexibility index (Phi) is 2.13. The number of nitrogens with zero attached hydrogens (tertiary/aromatic N) is 1. The van der Waals surface area contributed by atoms with E-state index >= 15 is 0 Å². The van der Waals surface area contributed by atoms with Crippen molar-refractivity contribution >= 4 is 6.09 Å². The van der Waals surface area contributed by atoms with Crippen LogP contribution in [-0.2, 0) is 6.42 Å². The molecule has 14 heavy (non-hydrogen) atoms. The Hall–Kier alpha value is -1.55. The van der Waals surface area contributed by atoms with E-state index in [-0.39, 0.29) is 0 Å². The summed E-state index contributed by atoms with van der Waals surface area (Å²) >= 11 is 0. The standard InChI is InChI=1S/C10H12N2O2/c11-9-8-4-2-1-3-7(8)5-6-12(9)10(13)14/h1-4,9H,5-6,11H2,(H,13,14). The first-order valence-corrected chi connectivity index (χ1v) is 4.53. The summed E-state index contributed by atoms with van der Waals surface area (Å²) in [5.41, 5.74) is 7.90. The van der Waals surface area contributed by atoms with Gasteiger partial charge in [-0.2, -0.15) is 0 Å². The van der Waals surface area contributed by atoms with Gasteiger partial charge in [-0.05, 0) is 17.5 Å². The van der Waals surface area contributed by atoms with Crippen LogP contribution in [0.25, 0.3) is 0 Å². The molecule has 1 aromatic carbocycles. The fourth-order valence-corrected chi connectivity index (χ4v) is 1.81. The molecule has 1 atom stereocenters. The van der Waals surface area contributed by atoms with Crippen molar-refractivity contribution in [1.29, 1.82) is 0 Å². The zero-order chi connectivity index (χ0) is 10.1. The molecule has 1 aliphatic rings. The molecule has 0 saturated carbocycles. The molecule has 3 N–H and O–H groups in total. The van der Waals surface area contributed by atoms with Gasteiger partial charge in [-0.15, -0.1) is 0 Å². The Morgan fingerprint density at radius 1 is 1.50 bits per heavy atom. The lowest BCUT2D eigenvalue weighted by Gasteiger charge is -2.32. The molecule has 1 aromatic rings. The quantitative estimate of drug-likeness (QED) is 0.648. The molecule has 1 amide bonds. The molecule has 1 unspecified atom stereocenters. The van der Waals surface area contributed by atoms with Gasteiger partial charge in [-0.1, -0.05) is 24.3 Å². The average molecular weight is 192 g/mol. The van der Waals surface area contributed by atoms with Gasteiger partial charge >= 0.3 is 6.09 Å². The summed E-state index contributed by atoms with van der Waals surface area (Å²) in [7, 11) is 0. The number of rotatable bonds is 0. The predicted molar refractivity (Wildman–Crippen MR) is 51.8 cm³/mol. The number of carbonyl (C=O) groups is 1. The molecule has 4 nitrogen and oxygen atoms in total. The zero-order valence-electron chi connectivity index (χ0n) is 7.68. The highest BCUT2D eigenvalue weighted by molar-refractivity contribution is 5.66. The first-order chi connectivity index (χ1) is 6.70. The first kappa shape index (κ1) is 9.02. The van der Waals surface area contributed by atoms with E-state index in [1.807, 2.05) is 24.3 Å². The summed E-state index contributed by atoms with van der Waals surface area (Å²) in [6.07, 6.45) is -0.722. The van der Waals surface area contributed by atoms with Crippen molar-refractivity contribution in [2.75, 3.05) is 6.54 Å². The molecule has 0 radical (unpaired) electrons. The highest BCUT2D eigenvalue weighted by Crippen LogP contribution is 2.25. The van der Waals surface area contributed by atoms with Crippen molar-refractivity contribution in [3.05, 3.63) is 35.4 Å². The lowest BCUT2D eigenvalue weighted by Crippen LogP contribution is -2.43. The van der Waals surface area contributed by atoms with Gasteiger partial charge in [0, 0.05) is 6.54 Å². The van der Waals surface area contributed by atoms with Crippen molar-refractivity contribution < 1.29 is 9.90 Å². The van der Waals surface area contributed by atoms with E-state index in [4.69, 9.17) is 10.8 Å². The third-order valence-electron chi connectivity index (χ3n) is 2.58. The molecule has 0 bridgehead atoms. The molecule has 0 saturated heterocycles. The summed E-state index contributed by atoms with van der Waals surface area (Å²) in [4.78, 5) is 12.1. The molecule has 1 aliphatic heterocycles. The van der Waals surface area contributed by atoms with Crippen molar-refractivity contribution in [1.82, 2.24) is 4.90 Å². The van der Waals surface area contributed by atoms with Gasteiger partial charge in [-0.3, -0.25) is 4.90 Å². The highest BCUT2D eigenvalue weighted by Gasteiger charge is 2.26. The van der Waals surface area contributed by atoms with Crippen LogP contribution in [0.2, 0.25) is 0 Å². The summed E-state index contributed by atoms with van der Waals surface area (Å²) in [6, 6.07) is 7.70. The van der Waals surface area contributed by atoms with E-state index in [1.165, 1.54) is 4.90 Å². The molecule has 0 spiro atoms. The minimum atomic E-state index is -0.952. The molecule has 1 heterocycles. The van der Waals surface area contributed by atoms with E-state index in [0.29, 0.717) is 6.54 Å². The SMILES string of the molecule is NC1c2ccccc2CCN1C(=O)O. The molecule has 0 aliphatic carbocycles. The summed E-state index contributed by atoms with van der Waals surface area (Å²) < 4.78 is 0. The van der Waals surface area contributed by atoms with Crippen LogP contribution in [0.5, 0.6) is 0 Å². The summed E-state index contributed by atoms with van der Waals surface area (Å²) in [6.45, 7) is 0.480. The van der Waals surface area contributed by atoms with Crippen molar-refractivity contribution in [2.45, 2.75) is 12.6 Å². The largest absolute Gasteiger partial charge is 0.465 e. The smallest absolute Gasteiger partial charge is 0.408 e. The van der Waals surface area contributed by atoms with Crippen LogP contribution in [0.1, 0.15) is 17.3 Å². The number of nitrogens with two attached hydrogens (primary N) is 1. The second-order valence-electron chi connectivity index (χ2n) is 3.37. The Morgan fingerprint density at radius 3 is 2.93 bits per heavy atom. The van der Waals surface area contributed by atoms with Crippen molar-refractivity contribution in [3.63, 3.8) is 0 Å². The molecule has 2 rings (SSSR count). The van der Waals surface area contributed by atoms with Gasteiger partial charge < -0.3 is 10.8 Å². The number of hydrogen-bond acceptors (Lipinski definition) is 2. The second-order valence-corrected chi connectivity index (χ2v) is 3.37. The normalized spacial score (nSPS) is 20.4. The lowest BCUT2D eigenvalue weighted by molar-refractivity contribution is 0.121. The minimum Gasteiger partial charge on any atom is -0.465 e. The number of benzene rings is 1. The fourth-order valence-electron chi connectivity index (χ4n) is 1.81. The highest BCUT2D eigenvalue weighted by atomic mass is 16.4. The van der Waals surface area contributed by atoms with E-state index in [2.05, 4.69) is 0 Å². The van der Waals surface area contributed by atoms with Crippen LogP contribution in [0.4, 0.5) is 4.79 Å². The van der Waals surface area contributed by atoms with Gasteiger partial charge in [0.1, 0.15) is 6.17 Å². The Balaban J connectivity index is 2.36. The molecule has 74 valence electrons. The van der Waals surface area contributed by atoms with Crippen LogP contribution in [0.15, 0.2) is 24.3 Å². The van der Waals surface area contributed by atoms with E-state index in [0.717, 1.165) is 17.5 Å². The average Bonchev–Trinajstić information content (AvgIpc) is 2.18. The van der Waals surface area contributed by atoms with Gasteiger partial charge in [0.05, 0.1) is 0 Å². The predicted octanol–water partition coefficient (Wildman–Crippen LogP) is 1.18. The zero-order valence-corrected chi connectivity index (χ0v) is 7.68. The van der Waals surface area contributed by atoms with Gasteiger partial charge in [-0.25, -0.2) is 4.79 Å². The molecule has 0 fully saturated rings. The van der Waals surface area contributed by atoms with E-state index in [1.54, 1.807) is 0 Å². The third kappa shape index (κ3) is 1.33. The van der Waals surface area contributed by atoms with Crippen LogP contribution in [-0.4, -0.2) is 22.6 Å². The number of carboxylic acid groups (broad SMARTS) is 1. The monoisotopic (exact) mass is 192 g/mol. The fraction of sp³-hybridized carbons (Fsp3) is 0.300. The molecule has 0 aromatic heterocycles. The van der Waals surface area contributed by atoms with E-state index in [9.17, 15) is 4.79 Å². The molecular formula is C10H12N2O2. The minimum absolute atomic E-state index is 0.480. The summed E-state index contributed by atoms with van der Waals surface area (Å²) in [5, 5.41) is 8.88. The lowest BCUT2D eigenvalue weighted by atomic mass is 9.98. The van der Waals surface area contributed by atoms with Crippen LogP contribution in [0, 0.1) is 0 Å². The maximum atomic E-state index is 10.8. The Labute approximate surface area is 81.9 Å². The third-order valence-corrected chi connectivity index (χ3v) is 2.58. The van der Waals surface area contributed by atoms with E-state index < -0.39 is 12.3 Å². The van der Waals surface area contributed by atoms with Gasteiger partial charge in [0.25, 0.3) is 0 Å². The maximum absolute atomic E-state index is 10.8. The molecule has 4 heteroatoms. The van der Waals surface area contributed by atoms with Crippen molar-refractivity contribution in [2.24, 2.45) is 5.73 Å². The van der Waals surface area contributed by atoms with Crippen LogP contribution in [0.3, 0.4) is 0 Å². The topological polar surface area (TPSA) is 66.6 Å². The van der Waals surface area contributed by atoms with Gasteiger partial charge in [0.15, 0.2) is 0 Å². The van der Waals surface area contributed by atoms with Gasteiger partial charge in [0.2, 0.25) is 0 Å². The number of hydrogen-bond donors (Lipinski definition) is 2.